The molecule has 0 atom stereocenters. The molecule has 2 aromatic rings. The van der Waals surface area contributed by atoms with Gasteiger partial charge in [0.1, 0.15) is 5.82 Å². The molecule has 2 heteroatoms. The highest BCUT2D eigenvalue weighted by Gasteiger charge is 2.17. The summed E-state index contributed by atoms with van der Waals surface area (Å²) < 4.78 is 13.6. The van der Waals surface area contributed by atoms with Crippen molar-refractivity contribution in [2.24, 2.45) is 4.99 Å². The molecule has 0 amide bonds. The second-order valence-corrected chi connectivity index (χ2v) is 3.84. The summed E-state index contributed by atoms with van der Waals surface area (Å²) in [5.74, 6) is -0.200. The van der Waals surface area contributed by atoms with Crippen molar-refractivity contribution in [1.82, 2.24) is 0 Å². The molecule has 1 heterocycles. The Hall–Kier alpha value is -1.96. The van der Waals surface area contributed by atoms with E-state index in [-0.39, 0.29) is 5.82 Å². The second kappa shape index (κ2) is 3.56. The average molecular weight is 211 g/mol. The van der Waals surface area contributed by atoms with Crippen molar-refractivity contribution >= 4 is 11.4 Å². The fraction of sp³-hybridized carbons (Fsp3) is 0.0714. The van der Waals surface area contributed by atoms with Crippen molar-refractivity contribution in [2.45, 2.75) is 6.42 Å². The van der Waals surface area contributed by atoms with Crippen LogP contribution < -0.4 is 0 Å². The maximum absolute atomic E-state index is 13.6. The van der Waals surface area contributed by atoms with Crippen LogP contribution in [0.3, 0.4) is 0 Å². The summed E-state index contributed by atoms with van der Waals surface area (Å²) in [6, 6.07) is 14.7. The molecule has 0 fully saturated rings. The summed E-state index contributed by atoms with van der Waals surface area (Å²) in [5, 5.41) is 0. The molecule has 0 radical (unpaired) electrons. The Morgan fingerprint density at radius 2 is 1.69 bits per heavy atom. The molecule has 78 valence electrons. The van der Waals surface area contributed by atoms with Gasteiger partial charge in [0.05, 0.1) is 11.4 Å². The zero-order valence-corrected chi connectivity index (χ0v) is 8.65. The first-order valence-corrected chi connectivity index (χ1v) is 5.25. The Balaban J connectivity index is 2.05. The predicted molar refractivity (Wildman–Crippen MR) is 62.7 cm³/mol. The number of hydrogen-bond donors (Lipinski definition) is 0. The molecule has 1 aliphatic heterocycles. The molecule has 0 aliphatic carbocycles. The predicted octanol–water partition coefficient (Wildman–Crippen LogP) is 3.50. The van der Waals surface area contributed by atoms with Crippen LogP contribution in [0, 0.1) is 5.82 Å². The third kappa shape index (κ3) is 1.43. The van der Waals surface area contributed by atoms with Gasteiger partial charge in [-0.1, -0.05) is 36.4 Å². The molecule has 0 saturated heterocycles. The van der Waals surface area contributed by atoms with E-state index in [0.717, 1.165) is 17.8 Å². The molecule has 0 aromatic heterocycles. The minimum absolute atomic E-state index is 0.200. The maximum atomic E-state index is 13.6. The van der Waals surface area contributed by atoms with Gasteiger partial charge >= 0.3 is 0 Å². The average Bonchev–Trinajstić information content (AvgIpc) is 2.73. The second-order valence-electron chi connectivity index (χ2n) is 3.84. The molecule has 0 N–H and O–H groups in total. The molecular weight excluding hydrogens is 201 g/mol. The van der Waals surface area contributed by atoms with E-state index in [1.54, 1.807) is 12.1 Å². The van der Waals surface area contributed by atoms with E-state index >= 15 is 0 Å². The molecule has 1 nitrogen and oxygen atoms in total. The summed E-state index contributed by atoms with van der Waals surface area (Å²) >= 11 is 0. The number of halogens is 1. The minimum atomic E-state index is -0.200. The molecule has 3 rings (SSSR count). The highest BCUT2D eigenvalue weighted by Crippen LogP contribution is 2.28. The van der Waals surface area contributed by atoms with Gasteiger partial charge in [-0.3, -0.25) is 4.99 Å². The van der Waals surface area contributed by atoms with Gasteiger partial charge in [0.2, 0.25) is 0 Å². The van der Waals surface area contributed by atoms with Gasteiger partial charge in [-0.25, -0.2) is 4.39 Å². The van der Waals surface area contributed by atoms with Crippen LogP contribution in [0.25, 0.3) is 0 Å². The van der Waals surface area contributed by atoms with Gasteiger partial charge in [0.25, 0.3) is 0 Å². The maximum Gasteiger partial charge on any atom is 0.132 e. The Bertz CT molecular complexity index is 572. The van der Waals surface area contributed by atoms with Gasteiger partial charge in [-0.2, -0.15) is 0 Å². The van der Waals surface area contributed by atoms with E-state index in [2.05, 4.69) is 4.99 Å². The monoisotopic (exact) mass is 211 g/mol. The Morgan fingerprint density at radius 3 is 2.50 bits per heavy atom. The number of fused-ring (bicyclic) bond motifs is 1. The van der Waals surface area contributed by atoms with E-state index in [9.17, 15) is 4.39 Å². The van der Waals surface area contributed by atoms with Crippen molar-refractivity contribution in [2.75, 3.05) is 0 Å². The first-order valence-electron chi connectivity index (χ1n) is 5.25. The van der Waals surface area contributed by atoms with Gasteiger partial charge < -0.3 is 0 Å². The highest BCUT2D eigenvalue weighted by atomic mass is 19.1. The van der Waals surface area contributed by atoms with Crippen molar-refractivity contribution in [3.63, 3.8) is 0 Å². The van der Waals surface area contributed by atoms with E-state index in [0.29, 0.717) is 5.56 Å². The standard InChI is InChI=1S/C14H10FN/c15-12-7-3-2-6-11(12)14-9-10-5-1-4-8-13(10)16-14/h1-8H,9H2. The molecular formula is C14H10FN. The number of aliphatic imine (C=N–C) groups is 1. The van der Waals surface area contributed by atoms with Crippen LogP contribution in [-0.2, 0) is 6.42 Å². The fourth-order valence-electron chi connectivity index (χ4n) is 1.99. The van der Waals surface area contributed by atoms with Crippen LogP contribution in [0.4, 0.5) is 10.1 Å². The summed E-state index contributed by atoms with van der Waals surface area (Å²) in [6.45, 7) is 0. The molecule has 16 heavy (non-hydrogen) atoms. The summed E-state index contributed by atoms with van der Waals surface area (Å²) in [4.78, 5) is 4.46. The van der Waals surface area contributed by atoms with Gasteiger partial charge in [-0.05, 0) is 17.7 Å². The number of para-hydroxylation sites is 1. The van der Waals surface area contributed by atoms with Crippen LogP contribution in [0.2, 0.25) is 0 Å². The van der Waals surface area contributed by atoms with Crippen LogP contribution in [0.5, 0.6) is 0 Å². The lowest BCUT2D eigenvalue weighted by atomic mass is 10.0. The molecule has 2 aromatic carbocycles. The highest BCUT2D eigenvalue weighted by molar-refractivity contribution is 6.06. The lowest BCUT2D eigenvalue weighted by Crippen LogP contribution is -2.02. The summed E-state index contributed by atoms with van der Waals surface area (Å²) in [5.41, 5.74) is 3.56. The topological polar surface area (TPSA) is 12.4 Å². The molecule has 0 saturated carbocycles. The largest absolute Gasteiger partial charge is 0.252 e. The summed E-state index contributed by atoms with van der Waals surface area (Å²) in [7, 11) is 0. The minimum Gasteiger partial charge on any atom is -0.252 e. The zero-order chi connectivity index (χ0) is 11.0. The summed E-state index contributed by atoms with van der Waals surface area (Å²) in [6.07, 6.45) is 0.719. The first kappa shape index (κ1) is 9.28. The van der Waals surface area contributed by atoms with Crippen molar-refractivity contribution in [1.29, 1.82) is 0 Å². The van der Waals surface area contributed by atoms with E-state index in [1.807, 2.05) is 30.3 Å². The third-order valence-corrected chi connectivity index (χ3v) is 2.79. The number of hydrogen-bond acceptors (Lipinski definition) is 1. The smallest absolute Gasteiger partial charge is 0.132 e. The Labute approximate surface area is 93.3 Å². The lowest BCUT2D eigenvalue weighted by Gasteiger charge is -2.01. The van der Waals surface area contributed by atoms with Gasteiger partial charge in [0.15, 0.2) is 0 Å². The first-order chi connectivity index (χ1) is 7.84. The normalized spacial score (nSPS) is 13.4. The molecule has 0 spiro atoms. The Kier molecular flexibility index (Phi) is 2.07. The zero-order valence-electron chi connectivity index (χ0n) is 8.65. The molecule has 1 aliphatic rings. The van der Waals surface area contributed by atoms with Crippen LogP contribution in [0.15, 0.2) is 53.5 Å². The van der Waals surface area contributed by atoms with Crippen molar-refractivity contribution < 1.29 is 4.39 Å². The van der Waals surface area contributed by atoms with E-state index in [4.69, 9.17) is 0 Å². The SMILES string of the molecule is Fc1ccccc1C1=Nc2ccccc2C1. The van der Waals surface area contributed by atoms with Crippen molar-refractivity contribution in [3.05, 3.63) is 65.5 Å². The fourth-order valence-corrected chi connectivity index (χ4v) is 1.99. The van der Waals surface area contributed by atoms with Gasteiger partial charge in [-0.15, -0.1) is 0 Å². The van der Waals surface area contributed by atoms with Crippen LogP contribution in [0.1, 0.15) is 11.1 Å². The lowest BCUT2D eigenvalue weighted by molar-refractivity contribution is 0.625. The number of nitrogens with zero attached hydrogens (tertiary/aromatic N) is 1. The third-order valence-electron chi connectivity index (χ3n) is 2.79. The van der Waals surface area contributed by atoms with E-state index < -0.39 is 0 Å². The number of rotatable bonds is 1. The van der Waals surface area contributed by atoms with Crippen LogP contribution >= 0.6 is 0 Å². The number of benzene rings is 2. The Morgan fingerprint density at radius 1 is 0.938 bits per heavy atom. The van der Waals surface area contributed by atoms with Crippen molar-refractivity contribution in [3.8, 4) is 0 Å². The quantitative estimate of drug-likeness (QED) is 0.684. The van der Waals surface area contributed by atoms with Crippen LogP contribution in [-0.4, -0.2) is 5.71 Å². The molecule has 0 bridgehead atoms. The van der Waals surface area contributed by atoms with Gasteiger partial charge in [0, 0.05) is 12.0 Å². The van der Waals surface area contributed by atoms with E-state index in [1.165, 1.54) is 11.6 Å². The molecule has 0 unspecified atom stereocenters.